The first kappa shape index (κ1) is 30.3. The number of aromatic nitrogens is 4. The molecule has 1 aliphatic carbocycles. The van der Waals surface area contributed by atoms with E-state index in [0.717, 1.165) is 30.5 Å². The molecular weight excluding hydrogens is 532 g/mol. The number of amidine groups is 1. The van der Waals surface area contributed by atoms with Crippen molar-refractivity contribution in [2.45, 2.75) is 109 Å². The predicted octanol–water partition coefficient (Wildman–Crippen LogP) is 3.99. The van der Waals surface area contributed by atoms with Gasteiger partial charge in [0.1, 0.15) is 30.2 Å². The van der Waals surface area contributed by atoms with Crippen molar-refractivity contribution in [3.8, 4) is 0 Å². The SMILES string of the molecule is Cc1cc(C(C)(C)C)ccc1NC(=N)CCC1CC(N(C[C@H]2O[C@@H](n3cnc4c(N)ncnc43)[C@H](O)[C@@H]2O)C(C)C)C1. The second kappa shape index (κ2) is 11.9. The number of hydrogen-bond acceptors (Lipinski definition) is 9. The van der Waals surface area contributed by atoms with E-state index in [1.54, 1.807) is 4.57 Å². The van der Waals surface area contributed by atoms with Gasteiger partial charge in [-0.05, 0) is 68.6 Å². The molecule has 228 valence electrons. The van der Waals surface area contributed by atoms with Crippen molar-refractivity contribution in [2.75, 3.05) is 17.6 Å². The molecule has 0 amide bonds. The third kappa shape index (κ3) is 6.15. The van der Waals surface area contributed by atoms with Gasteiger partial charge in [0.15, 0.2) is 17.7 Å². The number of rotatable bonds is 9. The molecule has 42 heavy (non-hydrogen) atoms. The summed E-state index contributed by atoms with van der Waals surface area (Å²) in [5.41, 5.74) is 10.4. The van der Waals surface area contributed by atoms with Crippen LogP contribution >= 0.6 is 0 Å². The molecule has 0 spiro atoms. The lowest BCUT2D eigenvalue weighted by molar-refractivity contribution is -0.0619. The normalized spacial score (nSPS) is 26.2. The fraction of sp³-hybridized carbons (Fsp3) is 0.613. The first-order chi connectivity index (χ1) is 19.8. The number of nitrogens with two attached hydrogens (primary N) is 1. The van der Waals surface area contributed by atoms with E-state index in [-0.39, 0.29) is 17.3 Å². The first-order valence-corrected chi connectivity index (χ1v) is 15.0. The Kier molecular flexibility index (Phi) is 8.58. The fourth-order valence-corrected chi connectivity index (χ4v) is 6.21. The van der Waals surface area contributed by atoms with Gasteiger partial charge in [-0.15, -0.1) is 0 Å². The lowest BCUT2D eigenvalue weighted by atomic mass is 9.76. The van der Waals surface area contributed by atoms with Crippen LogP contribution < -0.4 is 11.1 Å². The zero-order chi connectivity index (χ0) is 30.3. The van der Waals surface area contributed by atoms with Gasteiger partial charge in [0.05, 0.1) is 12.2 Å². The summed E-state index contributed by atoms with van der Waals surface area (Å²) >= 11 is 0. The molecule has 5 rings (SSSR count). The van der Waals surface area contributed by atoms with E-state index in [2.05, 4.69) is 84.9 Å². The van der Waals surface area contributed by atoms with Crippen molar-refractivity contribution in [1.29, 1.82) is 5.41 Å². The third-order valence-electron chi connectivity index (χ3n) is 8.91. The van der Waals surface area contributed by atoms with Crippen LogP contribution in [-0.2, 0) is 10.2 Å². The lowest BCUT2D eigenvalue weighted by Crippen LogP contribution is -2.52. The summed E-state index contributed by atoms with van der Waals surface area (Å²) in [4.78, 5) is 14.9. The van der Waals surface area contributed by atoms with Crippen molar-refractivity contribution in [3.63, 3.8) is 0 Å². The summed E-state index contributed by atoms with van der Waals surface area (Å²) in [6.45, 7) is 13.5. The highest BCUT2D eigenvalue weighted by Gasteiger charge is 2.46. The highest BCUT2D eigenvalue weighted by Crippen LogP contribution is 2.38. The highest BCUT2D eigenvalue weighted by molar-refractivity contribution is 5.93. The molecule has 0 radical (unpaired) electrons. The number of imidazole rings is 1. The molecule has 6 N–H and O–H groups in total. The van der Waals surface area contributed by atoms with Crippen LogP contribution in [0, 0.1) is 18.3 Å². The Morgan fingerprint density at radius 2 is 1.93 bits per heavy atom. The topological polar surface area (TPSA) is 158 Å². The number of aryl methyl sites for hydroxylation is 1. The van der Waals surface area contributed by atoms with Gasteiger partial charge in [-0.2, -0.15) is 0 Å². The Morgan fingerprint density at radius 1 is 1.19 bits per heavy atom. The van der Waals surface area contributed by atoms with Crippen molar-refractivity contribution < 1.29 is 14.9 Å². The van der Waals surface area contributed by atoms with Crippen molar-refractivity contribution in [2.24, 2.45) is 5.92 Å². The second-order valence-electron chi connectivity index (χ2n) is 13.3. The van der Waals surface area contributed by atoms with Crippen LogP contribution in [0.5, 0.6) is 0 Å². The number of nitrogens with zero attached hydrogens (tertiary/aromatic N) is 5. The second-order valence-corrected chi connectivity index (χ2v) is 13.3. The molecule has 0 bridgehead atoms. The zero-order valence-electron chi connectivity index (χ0n) is 25.6. The summed E-state index contributed by atoms with van der Waals surface area (Å²) in [6, 6.07) is 7.07. The molecule has 4 atom stereocenters. The number of aliphatic hydroxyl groups excluding tert-OH is 2. The van der Waals surface area contributed by atoms with Gasteiger partial charge in [-0.25, -0.2) is 15.0 Å². The van der Waals surface area contributed by atoms with E-state index in [4.69, 9.17) is 15.9 Å². The Morgan fingerprint density at radius 3 is 2.60 bits per heavy atom. The Bertz CT molecular complexity index is 1410. The average molecular weight is 579 g/mol. The molecule has 2 aromatic heterocycles. The largest absolute Gasteiger partial charge is 0.387 e. The summed E-state index contributed by atoms with van der Waals surface area (Å²) in [5.74, 6) is 1.36. The maximum Gasteiger partial charge on any atom is 0.167 e. The summed E-state index contributed by atoms with van der Waals surface area (Å²) in [7, 11) is 0. The molecule has 0 unspecified atom stereocenters. The smallest absolute Gasteiger partial charge is 0.167 e. The monoisotopic (exact) mass is 578 g/mol. The maximum atomic E-state index is 10.9. The standard InChI is InChI=1S/C31H46N8O3/c1-17(2)38(14-23-26(40)27(41)30(42-23)39-16-36-25-28(33)34-15-35-29(25)39)21-12-19(13-21)7-10-24(32)37-22-9-8-20(11-18(22)3)31(4,5)6/h8-9,11,15-17,19,21,23,26-27,30,40-41H,7,10,12-14H2,1-6H3,(H2,32,37)(H2,33,34,35)/t19?,21?,23-,26-,27-,30-/m1/s1. The molecule has 2 aliphatic rings. The van der Waals surface area contributed by atoms with E-state index in [0.29, 0.717) is 41.9 Å². The van der Waals surface area contributed by atoms with Crippen LogP contribution in [0.4, 0.5) is 11.5 Å². The van der Waals surface area contributed by atoms with E-state index < -0.39 is 24.5 Å². The van der Waals surface area contributed by atoms with Gasteiger partial charge in [0.25, 0.3) is 0 Å². The third-order valence-corrected chi connectivity index (χ3v) is 8.91. The van der Waals surface area contributed by atoms with Crippen LogP contribution in [0.25, 0.3) is 11.2 Å². The van der Waals surface area contributed by atoms with Gasteiger partial charge in [0.2, 0.25) is 0 Å². The first-order valence-electron chi connectivity index (χ1n) is 15.0. The molecule has 11 heteroatoms. The van der Waals surface area contributed by atoms with Crippen LogP contribution in [-0.4, -0.2) is 77.4 Å². The number of benzene rings is 1. The summed E-state index contributed by atoms with van der Waals surface area (Å²) in [5, 5.41) is 33.6. The number of nitrogens with one attached hydrogen (secondary N) is 2. The van der Waals surface area contributed by atoms with Gasteiger partial charge in [-0.1, -0.05) is 32.9 Å². The van der Waals surface area contributed by atoms with Crippen molar-refractivity contribution >= 4 is 28.5 Å². The van der Waals surface area contributed by atoms with Crippen LogP contribution in [0.1, 0.15) is 77.7 Å². The lowest BCUT2D eigenvalue weighted by Gasteiger charge is -2.46. The number of nitrogen functional groups attached to an aromatic ring is 1. The molecule has 1 saturated carbocycles. The molecule has 1 aromatic carbocycles. The number of ether oxygens (including phenoxy) is 1. The minimum Gasteiger partial charge on any atom is -0.387 e. The van der Waals surface area contributed by atoms with E-state index in [1.807, 2.05) is 0 Å². The fourth-order valence-electron chi connectivity index (χ4n) is 6.21. The Labute approximate surface area is 248 Å². The predicted molar refractivity (Wildman–Crippen MR) is 164 cm³/mol. The minimum absolute atomic E-state index is 0.101. The van der Waals surface area contributed by atoms with E-state index in [1.165, 1.54) is 18.2 Å². The highest BCUT2D eigenvalue weighted by atomic mass is 16.6. The van der Waals surface area contributed by atoms with Gasteiger partial charge < -0.3 is 26.0 Å². The number of aliphatic hydroxyl groups is 2. The summed E-state index contributed by atoms with van der Waals surface area (Å²) < 4.78 is 7.83. The molecule has 1 aliphatic heterocycles. The molecule has 11 nitrogen and oxygen atoms in total. The molecule has 3 aromatic rings. The van der Waals surface area contributed by atoms with Crippen LogP contribution in [0.2, 0.25) is 0 Å². The van der Waals surface area contributed by atoms with Crippen LogP contribution in [0.3, 0.4) is 0 Å². The Balaban J connectivity index is 1.13. The average Bonchev–Trinajstić information content (AvgIpc) is 3.44. The van der Waals surface area contributed by atoms with E-state index in [9.17, 15) is 10.2 Å². The van der Waals surface area contributed by atoms with Crippen LogP contribution in [0.15, 0.2) is 30.9 Å². The van der Waals surface area contributed by atoms with E-state index >= 15 is 0 Å². The number of hydrogen-bond donors (Lipinski definition) is 5. The summed E-state index contributed by atoms with van der Waals surface area (Å²) in [6.07, 6.45) is 3.08. The quantitative estimate of drug-likeness (QED) is 0.187. The molecule has 3 heterocycles. The van der Waals surface area contributed by atoms with Crippen molar-refractivity contribution in [1.82, 2.24) is 24.4 Å². The van der Waals surface area contributed by atoms with Gasteiger partial charge in [0, 0.05) is 30.7 Å². The zero-order valence-corrected chi connectivity index (χ0v) is 25.6. The van der Waals surface area contributed by atoms with Crippen molar-refractivity contribution in [3.05, 3.63) is 42.0 Å². The van der Waals surface area contributed by atoms with Gasteiger partial charge >= 0.3 is 0 Å². The molecule has 1 saturated heterocycles. The molecular formula is C31H46N8O3. The number of anilines is 2. The molecule has 2 fully saturated rings. The maximum absolute atomic E-state index is 10.9. The Hall–Kier alpha value is -3.12. The number of fused-ring (bicyclic) bond motifs is 1. The van der Waals surface area contributed by atoms with Gasteiger partial charge in [-0.3, -0.25) is 14.9 Å². The minimum atomic E-state index is -1.13.